The molecular formula is C28H33N5O. The highest BCUT2D eigenvalue weighted by molar-refractivity contribution is 5.78. The van der Waals surface area contributed by atoms with E-state index in [4.69, 9.17) is 4.74 Å². The van der Waals surface area contributed by atoms with E-state index in [1.54, 1.807) is 7.11 Å². The summed E-state index contributed by atoms with van der Waals surface area (Å²) in [5.74, 6) is 0.889. The summed E-state index contributed by atoms with van der Waals surface area (Å²) < 4.78 is 5.47. The van der Waals surface area contributed by atoms with E-state index in [1.165, 1.54) is 22.4 Å². The third-order valence-electron chi connectivity index (χ3n) is 6.67. The van der Waals surface area contributed by atoms with Crippen molar-refractivity contribution in [2.75, 3.05) is 45.2 Å². The lowest BCUT2D eigenvalue weighted by Gasteiger charge is -2.32. The summed E-state index contributed by atoms with van der Waals surface area (Å²) in [6, 6.07) is 23.9. The Balaban J connectivity index is 1.40. The van der Waals surface area contributed by atoms with Gasteiger partial charge in [-0.15, -0.1) is 0 Å². The summed E-state index contributed by atoms with van der Waals surface area (Å²) in [6.07, 6.45) is 1.87. The largest absolute Gasteiger partial charge is 0.497 e. The molecule has 6 heteroatoms. The molecular weight excluding hydrogens is 422 g/mol. The molecule has 0 aliphatic carbocycles. The second-order valence-electron chi connectivity index (χ2n) is 9.25. The number of aromatic nitrogens is 2. The molecule has 176 valence electrons. The molecule has 3 aromatic carbocycles. The number of ether oxygens (including phenoxy) is 1. The number of hydrogen-bond donors (Lipinski definition) is 1. The van der Waals surface area contributed by atoms with Crippen molar-refractivity contribution in [3.63, 3.8) is 0 Å². The summed E-state index contributed by atoms with van der Waals surface area (Å²) in [4.78, 5) is 7.40. The summed E-state index contributed by atoms with van der Waals surface area (Å²) in [5.41, 5.74) is 6.15. The van der Waals surface area contributed by atoms with E-state index in [0.717, 1.165) is 62.5 Å². The molecule has 1 N–H and O–H groups in total. The van der Waals surface area contributed by atoms with Crippen LogP contribution in [0.2, 0.25) is 0 Å². The minimum absolute atomic E-state index is 0.802. The highest BCUT2D eigenvalue weighted by Crippen LogP contribution is 2.25. The van der Waals surface area contributed by atoms with E-state index in [1.807, 2.05) is 12.3 Å². The van der Waals surface area contributed by atoms with Crippen LogP contribution in [0.4, 0.5) is 5.69 Å². The van der Waals surface area contributed by atoms with Gasteiger partial charge in [-0.25, -0.2) is 0 Å². The van der Waals surface area contributed by atoms with E-state index in [2.05, 4.69) is 92.6 Å². The van der Waals surface area contributed by atoms with Crippen LogP contribution >= 0.6 is 0 Å². The Hall–Kier alpha value is -3.35. The zero-order valence-corrected chi connectivity index (χ0v) is 20.1. The lowest BCUT2D eigenvalue weighted by Crippen LogP contribution is -2.43. The van der Waals surface area contributed by atoms with E-state index in [0.29, 0.717) is 0 Å². The molecule has 0 radical (unpaired) electrons. The van der Waals surface area contributed by atoms with Crippen molar-refractivity contribution in [2.24, 2.45) is 0 Å². The van der Waals surface area contributed by atoms with Gasteiger partial charge < -0.3 is 14.5 Å². The van der Waals surface area contributed by atoms with E-state index in [9.17, 15) is 0 Å². The summed E-state index contributed by atoms with van der Waals surface area (Å²) in [7, 11) is 3.92. The minimum Gasteiger partial charge on any atom is -0.497 e. The van der Waals surface area contributed by atoms with Crippen molar-refractivity contribution in [2.45, 2.75) is 19.6 Å². The Morgan fingerprint density at radius 3 is 2.47 bits per heavy atom. The number of anilines is 1. The lowest BCUT2D eigenvalue weighted by molar-refractivity contribution is 0.148. The molecule has 5 rings (SSSR count). The molecule has 1 saturated heterocycles. The fraction of sp³-hybridized carbons (Fsp3) is 0.321. The second kappa shape index (κ2) is 10.3. The number of methoxy groups -OCH3 is 1. The Labute approximate surface area is 201 Å². The maximum Gasteiger partial charge on any atom is 0.119 e. The van der Waals surface area contributed by atoms with Crippen molar-refractivity contribution >= 4 is 16.6 Å². The average molecular weight is 456 g/mol. The summed E-state index contributed by atoms with van der Waals surface area (Å²) >= 11 is 0. The smallest absolute Gasteiger partial charge is 0.119 e. The first-order valence-corrected chi connectivity index (χ1v) is 12.0. The molecule has 1 fully saturated rings. The number of hydrogen-bond acceptors (Lipinski definition) is 5. The van der Waals surface area contributed by atoms with E-state index >= 15 is 0 Å². The molecule has 6 nitrogen and oxygen atoms in total. The molecule has 0 spiro atoms. The Morgan fingerprint density at radius 1 is 0.882 bits per heavy atom. The number of nitrogens with one attached hydrogen (secondary N) is 1. The van der Waals surface area contributed by atoms with Gasteiger partial charge in [0.1, 0.15) is 5.75 Å². The molecule has 0 atom stereocenters. The van der Waals surface area contributed by atoms with Gasteiger partial charge in [0.2, 0.25) is 0 Å². The van der Waals surface area contributed by atoms with Gasteiger partial charge >= 0.3 is 0 Å². The van der Waals surface area contributed by atoms with Crippen LogP contribution in [-0.2, 0) is 19.6 Å². The van der Waals surface area contributed by atoms with Gasteiger partial charge in [-0.2, -0.15) is 5.10 Å². The normalized spacial score (nSPS) is 15.0. The van der Waals surface area contributed by atoms with Crippen molar-refractivity contribution in [1.29, 1.82) is 0 Å². The second-order valence-corrected chi connectivity index (χ2v) is 9.25. The van der Waals surface area contributed by atoms with Crippen molar-refractivity contribution in [3.8, 4) is 5.75 Å². The molecule has 0 saturated carbocycles. The van der Waals surface area contributed by atoms with E-state index < -0.39 is 0 Å². The quantitative estimate of drug-likeness (QED) is 0.423. The number of benzene rings is 3. The molecule has 1 aliphatic rings. The lowest BCUT2D eigenvalue weighted by atomic mass is 10.1. The molecule has 34 heavy (non-hydrogen) atoms. The van der Waals surface area contributed by atoms with Crippen molar-refractivity contribution in [3.05, 3.63) is 89.6 Å². The maximum absolute atomic E-state index is 5.47. The first kappa shape index (κ1) is 22.4. The monoisotopic (exact) mass is 455 g/mol. The van der Waals surface area contributed by atoms with Crippen LogP contribution in [0.15, 0.2) is 72.9 Å². The van der Waals surface area contributed by atoms with Crippen LogP contribution in [-0.4, -0.2) is 60.3 Å². The highest BCUT2D eigenvalue weighted by atomic mass is 16.5. The van der Waals surface area contributed by atoms with Gasteiger partial charge in [0, 0.05) is 56.9 Å². The van der Waals surface area contributed by atoms with Gasteiger partial charge in [-0.05, 0) is 54.1 Å². The number of nitrogens with zero attached hydrogens (tertiary/aromatic N) is 4. The van der Waals surface area contributed by atoms with Crippen LogP contribution < -0.4 is 9.64 Å². The molecule has 0 unspecified atom stereocenters. The molecule has 1 aromatic heterocycles. The third kappa shape index (κ3) is 5.41. The topological polar surface area (TPSA) is 47.6 Å². The van der Waals surface area contributed by atoms with Crippen molar-refractivity contribution < 1.29 is 4.74 Å². The SMILES string of the molecule is COc1cccc(CN(Cc2ccc3cn[nH]c3c2)c2cccc(CN3CCN(C)CC3)c2)c1. The van der Waals surface area contributed by atoms with Gasteiger partial charge in [-0.1, -0.05) is 36.4 Å². The van der Waals surface area contributed by atoms with Crippen LogP contribution in [0.5, 0.6) is 5.75 Å². The zero-order chi connectivity index (χ0) is 23.3. The summed E-state index contributed by atoms with van der Waals surface area (Å²) in [5, 5.41) is 8.42. The zero-order valence-electron chi connectivity index (χ0n) is 20.1. The first-order chi connectivity index (χ1) is 16.7. The minimum atomic E-state index is 0.802. The fourth-order valence-electron chi connectivity index (χ4n) is 4.65. The summed E-state index contributed by atoms with van der Waals surface area (Å²) in [6.45, 7) is 7.13. The molecule has 4 aromatic rings. The van der Waals surface area contributed by atoms with Gasteiger partial charge in [0.25, 0.3) is 0 Å². The van der Waals surface area contributed by atoms with Gasteiger partial charge in [-0.3, -0.25) is 10.00 Å². The number of likely N-dealkylation sites (N-methyl/N-ethyl adjacent to an activating group) is 1. The number of aromatic amines is 1. The number of H-pyrrole nitrogens is 1. The third-order valence-corrected chi connectivity index (χ3v) is 6.67. The Morgan fingerprint density at radius 2 is 1.65 bits per heavy atom. The Kier molecular flexibility index (Phi) is 6.79. The van der Waals surface area contributed by atoms with Crippen LogP contribution in [0.1, 0.15) is 16.7 Å². The average Bonchev–Trinajstić information content (AvgIpc) is 3.33. The molecule has 0 amide bonds. The van der Waals surface area contributed by atoms with Crippen LogP contribution in [0.25, 0.3) is 10.9 Å². The molecule has 2 heterocycles. The number of piperazine rings is 1. The fourth-order valence-corrected chi connectivity index (χ4v) is 4.65. The maximum atomic E-state index is 5.47. The standard InChI is InChI=1S/C28H33N5O/c1-31-11-13-32(14-12-31)19-22-5-3-7-26(15-22)33(20-23-6-4-8-27(16-23)34-2)21-24-9-10-25-18-29-30-28(25)17-24/h3-10,15-18H,11-14,19-21H2,1-2H3,(H,29,30). The highest BCUT2D eigenvalue weighted by Gasteiger charge is 2.15. The van der Waals surface area contributed by atoms with Crippen LogP contribution in [0, 0.1) is 0 Å². The number of rotatable bonds is 8. The van der Waals surface area contributed by atoms with E-state index in [-0.39, 0.29) is 0 Å². The predicted molar refractivity (Wildman–Crippen MR) is 138 cm³/mol. The van der Waals surface area contributed by atoms with Crippen LogP contribution in [0.3, 0.4) is 0 Å². The number of fused-ring (bicyclic) bond motifs is 1. The molecule has 1 aliphatic heterocycles. The first-order valence-electron chi connectivity index (χ1n) is 12.0. The van der Waals surface area contributed by atoms with Gasteiger partial charge in [0.15, 0.2) is 0 Å². The predicted octanol–water partition coefficient (Wildman–Crippen LogP) is 4.53. The molecule has 0 bridgehead atoms. The van der Waals surface area contributed by atoms with Gasteiger partial charge in [0.05, 0.1) is 18.8 Å². The van der Waals surface area contributed by atoms with Crippen molar-refractivity contribution in [1.82, 2.24) is 20.0 Å². The Bertz CT molecular complexity index is 1230.